The molecule has 0 N–H and O–H groups in total. The van der Waals surface area contributed by atoms with E-state index >= 15 is 0 Å². The molecule has 1 fully saturated rings. The van der Waals surface area contributed by atoms with Gasteiger partial charge in [-0.1, -0.05) is 84.0 Å². The Labute approximate surface area is 230 Å². The van der Waals surface area contributed by atoms with Crippen molar-refractivity contribution in [2.45, 2.75) is 162 Å². The van der Waals surface area contributed by atoms with Gasteiger partial charge in [-0.2, -0.15) is 0 Å². The summed E-state index contributed by atoms with van der Waals surface area (Å²) >= 11 is 0. The fourth-order valence-electron chi connectivity index (χ4n) is 3.29. The molecule has 222 valence electrons. The summed E-state index contributed by atoms with van der Waals surface area (Å²) in [4.78, 5) is 23.6. The Morgan fingerprint density at radius 1 is 0.722 bits per heavy atom. The van der Waals surface area contributed by atoms with Crippen molar-refractivity contribution in [3.8, 4) is 0 Å². The first-order chi connectivity index (χ1) is 14.4. The molecular weight excluding hydrogens is 464 g/mol. The molecule has 0 unspecified atom stereocenters. The molecule has 0 amide bonds. The molecule has 1 aliphatic rings. The number of carbonyl (C=O) groups is 2. The van der Waals surface area contributed by atoms with Crippen LogP contribution in [0.3, 0.4) is 0 Å². The van der Waals surface area contributed by atoms with Gasteiger partial charge in [0.05, 0.1) is 17.4 Å². The van der Waals surface area contributed by atoms with Crippen molar-refractivity contribution in [1.29, 1.82) is 0 Å². The fraction of sp³-hybridized carbons (Fsp3) is 0.935. The molecule has 0 heterocycles. The summed E-state index contributed by atoms with van der Waals surface area (Å²) in [7, 11) is -1.07. The van der Waals surface area contributed by atoms with E-state index in [1.165, 1.54) is 12.8 Å². The smallest absolute Gasteiger partial charge is 0.311 e. The van der Waals surface area contributed by atoms with Gasteiger partial charge in [0.25, 0.3) is 0 Å². The molecule has 0 aromatic heterocycles. The van der Waals surface area contributed by atoms with E-state index in [1.54, 1.807) is 0 Å². The maximum atomic E-state index is 12.0. The van der Waals surface area contributed by atoms with Crippen LogP contribution in [0.2, 0.25) is 25.7 Å². The SMILES string of the molecule is C.C.C.C.CCC(C)(C)C(=O)OC1CCC(C(C)(C)C)CC1.CCC(C)(C)C(=O)OCC[Si](C)(C)C. The number of esters is 2. The molecule has 0 saturated heterocycles. The average molecular weight is 535 g/mol. The standard InChI is InChI=1S/C16H30O2.C11H24O2Si.4CH4/c1-7-16(5,6)14(17)18-13-10-8-12(9-11-13)15(2,3)4;1-7-11(2,3)10(12)13-8-9-14(4,5)6;;;;/h12-13H,7-11H2,1-6H3;7-9H2,1-6H3;4*1H4. The highest BCUT2D eigenvalue weighted by molar-refractivity contribution is 6.76. The highest BCUT2D eigenvalue weighted by atomic mass is 28.3. The third kappa shape index (κ3) is 17.6. The predicted molar refractivity (Wildman–Crippen MR) is 165 cm³/mol. The highest BCUT2D eigenvalue weighted by Gasteiger charge is 2.34. The number of hydrogen-bond donors (Lipinski definition) is 0. The molecule has 1 rings (SSSR count). The normalized spacial score (nSPS) is 17.9. The largest absolute Gasteiger partial charge is 0.466 e. The molecule has 0 aliphatic heterocycles. The lowest BCUT2D eigenvalue weighted by atomic mass is 9.72. The van der Waals surface area contributed by atoms with E-state index in [-0.39, 0.29) is 58.6 Å². The van der Waals surface area contributed by atoms with Gasteiger partial charge in [0.15, 0.2) is 0 Å². The van der Waals surface area contributed by atoms with Gasteiger partial charge >= 0.3 is 11.9 Å². The second kappa shape index (κ2) is 18.4. The monoisotopic (exact) mass is 535 g/mol. The molecule has 0 aromatic rings. The van der Waals surface area contributed by atoms with Gasteiger partial charge in [-0.3, -0.25) is 9.59 Å². The first-order valence-corrected chi connectivity index (χ1v) is 16.4. The van der Waals surface area contributed by atoms with Crippen molar-refractivity contribution in [2.24, 2.45) is 22.2 Å². The Bertz CT molecular complexity index is 574. The number of ether oxygens (including phenoxy) is 2. The molecule has 5 heteroatoms. The van der Waals surface area contributed by atoms with Crippen LogP contribution in [0, 0.1) is 22.2 Å². The van der Waals surface area contributed by atoms with Crippen LogP contribution in [0.25, 0.3) is 0 Å². The number of carbonyl (C=O) groups excluding carboxylic acids is 2. The molecule has 1 saturated carbocycles. The molecule has 0 spiro atoms. The van der Waals surface area contributed by atoms with E-state index in [0.29, 0.717) is 12.0 Å². The minimum Gasteiger partial charge on any atom is -0.466 e. The third-order valence-corrected chi connectivity index (χ3v) is 8.83. The van der Waals surface area contributed by atoms with Crippen molar-refractivity contribution >= 4 is 20.0 Å². The lowest BCUT2D eigenvalue weighted by molar-refractivity contribution is -0.162. The van der Waals surface area contributed by atoms with Crippen molar-refractivity contribution in [2.75, 3.05) is 6.61 Å². The van der Waals surface area contributed by atoms with Crippen LogP contribution in [0.4, 0.5) is 0 Å². The average Bonchev–Trinajstić information content (AvgIpc) is 2.67. The van der Waals surface area contributed by atoms with Crippen LogP contribution in [0.1, 0.15) is 131 Å². The van der Waals surface area contributed by atoms with E-state index in [0.717, 1.165) is 37.6 Å². The molecule has 0 aromatic carbocycles. The van der Waals surface area contributed by atoms with E-state index in [4.69, 9.17) is 9.47 Å². The van der Waals surface area contributed by atoms with Gasteiger partial charge in [-0.15, -0.1) is 0 Å². The van der Waals surface area contributed by atoms with E-state index in [2.05, 4.69) is 40.4 Å². The van der Waals surface area contributed by atoms with Crippen molar-refractivity contribution in [3.63, 3.8) is 0 Å². The Morgan fingerprint density at radius 3 is 1.44 bits per heavy atom. The van der Waals surface area contributed by atoms with Crippen LogP contribution >= 0.6 is 0 Å². The van der Waals surface area contributed by atoms with Crippen molar-refractivity contribution in [3.05, 3.63) is 0 Å². The summed E-state index contributed by atoms with van der Waals surface area (Å²) in [5.74, 6) is 0.689. The minimum atomic E-state index is -1.07. The summed E-state index contributed by atoms with van der Waals surface area (Å²) in [6.07, 6.45) is 6.27. The number of rotatable bonds is 8. The Balaban J connectivity index is -0.000000164. The molecular formula is C31H70O4Si. The second-order valence-corrected chi connectivity index (χ2v) is 18.8. The summed E-state index contributed by atoms with van der Waals surface area (Å²) in [5.41, 5.74) is -0.266. The van der Waals surface area contributed by atoms with Gasteiger partial charge in [0.1, 0.15) is 6.10 Å². The van der Waals surface area contributed by atoms with E-state index in [9.17, 15) is 9.59 Å². The maximum Gasteiger partial charge on any atom is 0.311 e. The zero-order valence-corrected chi connectivity index (χ0v) is 24.4. The molecule has 0 radical (unpaired) electrons. The molecule has 4 nitrogen and oxygen atoms in total. The maximum absolute atomic E-state index is 12.0. The number of hydrogen-bond acceptors (Lipinski definition) is 4. The Hall–Kier alpha value is -0.843. The molecule has 36 heavy (non-hydrogen) atoms. The third-order valence-electron chi connectivity index (χ3n) is 7.13. The van der Waals surface area contributed by atoms with E-state index < -0.39 is 8.07 Å². The van der Waals surface area contributed by atoms with E-state index in [1.807, 2.05) is 41.5 Å². The predicted octanol–water partition coefficient (Wildman–Crippen LogP) is 10.4. The van der Waals surface area contributed by atoms with Crippen LogP contribution in [0.5, 0.6) is 0 Å². The van der Waals surface area contributed by atoms with Gasteiger partial charge in [-0.25, -0.2) is 0 Å². The summed E-state index contributed by atoms with van der Waals surface area (Å²) in [5, 5.41) is 0. The lowest BCUT2D eigenvalue weighted by Crippen LogP contribution is -2.34. The van der Waals surface area contributed by atoms with Crippen LogP contribution in [-0.2, 0) is 19.1 Å². The quantitative estimate of drug-likeness (QED) is 0.229. The first kappa shape index (κ1) is 45.1. The van der Waals surface area contributed by atoms with Gasteiger partial charge < -0.3 is 9.47 Å². The van der Waals surface area contributed by atoms with Crippen LogP contribution in [-0.4, -0.2) is 32.7 Å². The van der Waals surface area contributed by atoms with Gasteiger partial charge in [0.2, 0.25) is 0 Å². The molecule has 0 atom stereocenters. The Morgan fingerprint density at radius 2 is 1.11 bits per heavy atom. The fourth-order valence-corrected chi connectivity index (χ4v) is 4.01. The minimum absolute atomic E-state index is 0. The van der Waals surface area contributed by atoms with Crippen LogP contribution < -0.4 is 0 Å². The summed E-state index contributed by atoms with van der Waals surface area (Å²) in [6, 6.07) is 1.05. The topological polar surface area (TPSA) is 52.6 Å². The van der Waals surface area contributed by atoms with Gasteiger partial charge in [-0.05, 0) is 83.6 Å². The molecule has 1 aliphatic carbocycles. The van der Waals surface area contributed by atoms with Crippen molar-refractivity contribution < 1.29 is 19.1 Å². The van der Waals surface area contributed by atoms with Crippen molar-refractivity contribution in [1.82, 2.24) is 0 Å². The Kier molecular flexibility index (Phi) is 23.1. The zero-order valence-electron chi connectivity index (χ0n) is 23.4. The first-order valence-electron chi connectivity index (χ1n) is 12.7. The van der Waals surface area contributed by atoms with Gasteiger partial charge in [0, 0.05) is 8.07 Å². The lowest BCUT2D eigenvalue weighted by Gasteiger charge is -2.37. The summed E-state index contributed by atoms with van der Waals surface area (Å²) < 4.78 is 10.9. The second-order valence-electron chi connectivity index (χ2n) is 13.2. The van der Waals surface area contributed by atoms with Crippen LogP contribution in [0.15, 0.2) is 0 Å². The summed E-state index contributed by atoms with van der Waals surface area (Å²) in [6.45, 7) is 26.2. The zero-order chi connectivity index (χ0) is 25.4. The molecule has 0 bridgehead atoms. The highest BCUT2D eigenvalue weighted by Crippen LogP contribution is 2.39.